The Labute approximate surface area is 320 Å². The van der Waals surface area contributed by atoms with Crippen molar-refractivity contribution in [1.29, 1.82) is 0 Å². The van der Waals surface area contributed by atoms with Gasteiger partial charge in [-0.15, -0.1) is 0 Å². The summed E-state index contributed by atoms with van der Waals surface area (Å²) in [5.41, 5.74) is -1.46. The molecule has 13 nitrogen and oxygen atoms in total. The number of aliphatic hydroxyl groups excluding tert-OH is 9. The van der Waals surface area contributed by atoms with Gasteiger partial charge in [-0.2, -0.15) is 0 Å². The largest absolute Gasteiger partial charge is 0.393 e. The standard InChI is InChI=1S/C41H70O13/c1-20(2)10-9-14-40(7,54-36-33(49)31(47)30(46)25(53-36)19-52-35-32(48)29(45)24(43)18-51-35)27-13-15-39(6)21-11-12-26-37(3,4)34(50)23(42)17-38(26,5)22(21)16-28(44)41(27,39)8/h10,21-36,42-50H,9,11-19H2,1-8H3. The van der Waals surface area contributed by atoms with E-state index in [0.29, 0.717) is 25.7 Å². The molecular formula is C41H70O13. The predicted octanol–water partition coefficient (Wildman–Crippen LogP) is 1.76. The minimum Gasteiger partial charge on any atom is -0.393 e. The van der Waals surface area contributed by atoms with E-state index in [2.05, 4.69) is 40.7 Å². The lowest BCUT2D eigenvalue weighted by Gasteiger charge is -2.69. The average molecular weight is 771 g/mol. The van der Waals surface area contributed by atoms with Crippen LogP contribution in [-0.2, 0) is 18.9 Å². The zero-order valence-electron chi connectivity index (χ0n) is 33.5. The van der Waals surface area contributed by atoms with Gasteiger partial charge in [-0.25, -0.2) is 0 Å². The molecule has 0 radical (unpaired) electrons. The van der Waals surface area contributed by atoms with Crippen molar-refractivity contribution in [2.75, 3.05) is 13.2 Å². The minimum atomic E-state index is -1.65. The summed E-state index contributed by atoms with van der Waals surface area (Å²) in [6.07, 6.45) is -7.55. The van der Waals surface area contributed by atoms with Crippen LogP contribution < -0.4 is 0 Å². The first-order valence-corrected chi connectivity index (χ1v) is 20.4. The second-order valence-electron chi connectivity index (χ2n) is 19.8. The van der Waals surface area contributed by atoms with Crippen LogP contribution in [0.15, 0.2) is 11.6 Å². The molecule has 6 aliphatic rings. The van der Waals surface area contributed by atoms with Crippen molar-refractivity contribution in [3.63, 3.8) is 0 Å². The summed E-state index contributed by atoms with van der Waals surface area (Å²) in [5, 5.41) is 98.4. The van der Waals surface area contributed by atoms with Crippen LogP contribution in [0, 0.1) is 45.3 Å². The number of fused-ring (bicyclic) bond motifs is 5. The summed E-state index contributed by atoms with van der Waals surface area (Å²) in [6.45, 7) is 16.3. The summed E-state index contributed by atoms with van der Waals surface area (Å²) in [7, 11) is 0. The first-order chi connectivity index (χ1) is 25.0. The topological polar surface area (TPSA) is 219 Å². The molecule has 0 bridgehead atoms. The molecule has 312 valence electrons. The number of aliphatic hydroxyl groups is 9. The van der Waals surface area contributed by atoms with Gasteiger partial charge in [0.25, 0.3) is 0 Å². The van der Waals surface area contributed by atoms with Crippen LogP contribution in [0.4, 0.5) is 0 Å². The SMILES string of the molecule is CC(C)=CCCC(C)(OC1OC(COC2OCC(O)C(O)C2O)C(O)C(O)C1O)C1CCC2(C)C3CCC4C(C)(C)C(O)C(O)CC4(C)C3CC(O)C12C. The van der Waals surface area contributed by atoms with E-state index >= 15 is 0 Å². The summed E-state index contributed by atoms with van der Waals surface area (Å²) < 4.78 is 24.1. The normalized spacial score (nSPS) is 52.8. The molecule has 0 aromatic rings. The molecule has 6 rings (SSSR count). The van der Waals surface area contributed by atoms with Crippen LogP contribution in [0.3, 0.4) is 0 Å². The molecule has 0 aromatic heterocycles. The van der Waals surface area contributed by atoms with Crippen LogP contribution in [0.1, 0.15) is 107 Å². The predicted molar refractivity (Wildman–Crippen MR) is 196 cm³/mol. The molecule has 4 aliphatic carbocycles. The third kappa shape index (κ3) is 6.76. The monoisotopic (exact) mass is 770 g/mol. The Morgan fingerprint density at radius 2 is 1.46 bits per heavy atom. The van der Waals surface area contributed by atoms with E-state index in [-0.39, 0.29) is 47.7 Å². The molecule has 4 saturated carbocycles. The summed E-state index contributed by atoms with van der Waals surface area (Å²) in [4.78, 5) is 0. The van der Waals surface area contributed by atoms with Crippen molar-refractivity contribution in [3.05, 3.63) is 11.6 Å². The van der Waals surface area contributed by atoms with Gasteiger partial charge in [0.05, 0.1) is 37.1 Å². The Morgan fingerprint density at radius 3 is 2.13 bits per heavy atom. The van der Waals surface area contributed by atoms with Gasteiger partial charge in [0.15, 0.2) is 12.6 Å². The Morgan fingerprint density at radius 1 is 0.796 bits per heavy atom. The van der Waals surface area contributed by atoms with Gasteiger partial charge in [0.1, 0.15) is 42.7 Å². The van der Waals surface area contributed by atoms with Gasteiger partial charge in [-0.05, 0) is 112 Å². The molecule has 20 atom stereocenters. The Balaban J connectivity index is 1.27. The fourth-order valence-electron chi connectivity index (χ4n) is 13.1. The van der Waals surface area contributed by atoms with Crippen molar-refractivity contribution in [2.45, 2.75) is 186 Å². The smallest absolute Gasteiger partial charge is 0.187 e. The van der Waals surface area contributed by atoms with Gasteiger partial charge in [-0.3, -0.25) is 0 Å². The molecule has 20 unspecified atom stereocenters. The second-order valence-corrected chi connectivity index (χ2v) is 19.8. The molecule has 6 fully saturated rings. The molecule has 2 aliphatic heterocycles. The Hall–Kier alpha value is -0.780. The third-order valence-corrected chi connectivity index (χ3v) is 16.3. The Kier molecular flexibility index (Phi) is 12.0. The second kappa shape index (κ2) is 15.1. The van der Waals surface area contributed by atoms with Gasteiger partial charge in [0.2, 0.25) is 0 Å². The molecular weight excluding hydrogens is 700 g/mol. The fourth-order valence-corrected chi connectivity index (χ4v) is 13.1. The van der Waals surface area contributed by atoms with E-state index in [1.54, 1.807) is 0 Å². The first-order valence-electron chi connectivity index (χ1n) is 20.4. The molecule has 2 saturated heterocycles. The number of allylic oxidation sites excluding steroid dienone is 2. The van der Waals surface area contributed by atoms with E-state index in [1.807, 2.05) is 20.8 Å². The lowest BCUT2D eigenvalue weighted by Crippen LogP contribution is -2.68. The molecule has 9 N–H and O–H groups in total. The fraction of sp³-hybridized carbons (Fsp3) is 0.951. The van der Waals surface area contributed by atoms with Crippen LogP contribution in [-0.4, -0.2) is 138 Å². The van der Waals surface area contributed by atoms with Gasteiger partial charge >= 0.3 is 0 Å². The zero-order chi connectivity index (χ0) is 39.9. The molecule has 54 heavy (non-hydrogen) atoms. The lowest BCUT2D eigenvalue weighted by atomic mass is 9.37. The van der Waals surface area contributed by atoms with E-state index in [1.165, 1.54) is 0 Å². The van der Waals surface area contributed by atoms with Crippen molar-refractivity contribution in [1.82, 2.24) is 0 Å². The van der Waals surface area contributed by atoms with Gasteiger partial charge < -0.3 is 64.9 Å². The maximum atomic E-state index is 12.6. The number of rotatable bonds is 9. The number of ether oxygens (including phenoxy) is 4. The lowest BCUT2D eigenvalue weighted by molar-refractivity contribution is -0.348. The highest BCUT2D eigenvalue weighted by atomic mass is 16.7. The van der Waals surface area contributed by atoms with E-state index < -0.39 is 90.1 Å². The van der Waals surface area contributed by atoms with Crippen molar-refractivity contribution in [3.8, 4) is 0 Å². The quantitative estimate of drug-likeness (QED) is 0.153. The van der Waals surface area contributed by atoms with Gasteiger partial charge in [0, 0.05) is 5.41 Å². The van der Waals surface area contributed by atoms with Crippen LogP contribution in [0.5, 0.6) is 0 Å². The van der Waals surface area contributed by atoms with E-state index in [9.17, 15) is 46.0 Å². The summed E-state index contributed by atoms with van der Waals surface area (Å²) in [5.74, 6) is 0.432. The first kappa shape index (κ1) is 42.8. The molecule has 0 spiro atoms. The molecule has 0 amide bonds. The average Bonchev–Trinajstić information content (AvgIpc) is 3.40. The number of hydrogen-bond acceptors (Lipinski definition) is 13. The molecule has 13 heteroatoms. The molecule has 2 heterocycles. The van der Waals surface area contributed by atoms with Crippen LogP contribution in [0.25, 0.3) is 0 Å². The number of hydrogen-bond donors (Lipinski definition) is 9. The zero-order valence-corrected chi connectivity index (χ0v) is 33.5. The minimum absolute atomic E-state index is 0.152. The van der Waals surface area contributed by atoms with Crippen LogP contribution >= 0.6 is 0 Å². The van der Waals surface area contributed by atoms with Crippen LogP contribution in [0.2, 0.25) is 0 Å². The molecule has 0 aromatic carbocycles. The van der Waals surface area contributed by atoms with Crippen molar-refractivity contribution in [2.24, 2.45) is 45.3 Å². The highest BCUT2D eigenvalue weighted by Crippen LogP contribution is 2.75. The van der Waals surface area contributed by atoms with Crippen molar-refractivity contribution >= 4 is 0 Å². The maximum absolute atomic E-state index is 12.6. The van der Waals surface area contributed by atoms with Gasteiger partial charge in [-0.1, -0.05) is 46.3 Å². The Bertz CT molecular complexity index is 1360. The van der Waals surface area contributed by atoms with Crippen molar-refractivity contribution < 1.29 is 64.9 Å². The van der Waals surface area contributed by atoms with E-state index in [0.717, 1.165) is 31.3 Å². The highest BCUT2D eigenvalue weighted by Gasteiger charge is 2.72. The summed E-state index contributed by atoms with van der Waals surface area (Å²) >= 11 is 0. The van der Waals surface area contributed by atoms with E-state index in [4.69, 9.17) is 18.9 Å². The highest BCUT2D eigenvalue weighted by molar-refractivity contribution is 5.21. The summed E-state index contributed by atoms with van der Waals surface area (Å²) in [6, 6.07) is 0. The maximum Gasteiger partial charge on any atom is 0.187 e. The third-order valence-electron chi connectivity index (χ3n) is 16.3.